The molecule has 1 heterocycles. The molecule has 0 saturated heterocycles. The van der Waals surface area contributed by atoms with Crippen molar-refractivity contribution in [1.29, 1.82) is 0 Å². The van der Waals surface area contributed by atoms with Crippen LogP contribution in [-0.4, -0.2) is 24.9 Å². The van der Waals surface area contributed by atoms with Gasteiger partial charge in [0.25, 0.3) is 10.0 Å². The minimum Gasteiger partial charge on any atom is -0.355 e. The van der Waals surface area contributed by atoms with Gasteiger partial charge in [0.2, 0.25) is 5.95 Å². The maximum Gasteiger partial charge on any atom is 0.265 e. The first-order valence-corrected chi connectivity index (χ1v) is 8.20. The third-order valence-corrected chi connectivity index (χ3v) is 4.61. The molecule has 2 N–H and O–H groups in total. The lowest BCUT2D eigenvalue weighted by atomic mass is 10.3. The number of anilines is 2. The quantitative estimate of drug-likeness (QED) is 0.869. The van der Waals surface area contributed by atoms with Crippen molar-refractivity contribution in [2.45, 2.75) is 11.8 Å². The SMILES string of the molecule is CCNc1ncc(S(=O)(=O)Nc2cccc(Cl)c2Cl)cn1. The van der Waals surface area contributed by atoms with Crippen molar-refractivity contribution in [3.63, 3.8) is 0 Å². The average Bonchev–Trinajstić information content (AvgIpc) is 2.45. The van der Waals surface area contributed by atoms with E-state index in [0.717, 1.165) is 0 Å². The minimum absolute atomic E-state index is 0.0693. The van der Waals surface area contributed by atoms with Crippen molar-refractivity contribution in [1.82, 2.24) is 9.97 Å². The lowest BCUT2D eigenvalue weighted by molar-refractivity contribution is 0.600. The summed E-state index contributed by atoms with van der Waals surface area (Å²) in [7, 11) is -3.83. The summed E-state index contributed by atoms with van der Waals surface area (Å²) in [4.78, 5) is 7.76. The van der Waals surface area contributed by atoms with E-state index in [0.29, 0.717) is 12.5 Å². The third kappa shape index (κ3) is 3.75. The van der Waals surface area contributed by atoms with Gasteiger partial charge in [-0.25, -0.2) is 18.4 Å². The summed E-state index contributed by atoms with van der Waals surface area (Å²) in [6, 6.07) is 4.67. The van der Waals surface area contributed by atoms with Crippen molar-refractivity contribution in [2.24, 2.45) is 0 Å². The van der Waals surface area contributed by atoms with Crippen LogP contribution in [0.4, 0.5) is 11.6 Å². The second-order valence-electron chi connectivity index (χ2n) is 3.98. The zero-order chi connectivity index (χ0) is 15.5. The minimum atomic E-state index is -3.83. The molecular formula is C12H12Cl2N4O2S. The maximum atomic E-state index is 12.2. The molecule has 0 aliphatic carbocycles. The Bertz CT molecular complexity index is 735. The van der Waals surface area contributed by atoms with Gasteiger partial charge in [-0.2, -0.15) is 0 Å². The second-order valence-corrected chi connectivity index (χ2v) is 6.45. The highest BCUT2D eigenvalue weighted by Gasteiger charge is 2.17. The van der Waals surface area contributed by atoms with Gasteiger partial charge in [-0.15, -0.1) is 0 Å². The molecule has 112 valence electrons. The Balaban J connectivity index is 2.27. The van der Waals surface area contributed by atoms with Gasteiger partial charge >= 0.3 is 0 Å². The topological polar surface area (TPSA) is 84.0 Å². The van der Waals surface area contributed by atoms with E-state index < -0.39 is 10.0 Å². The predicted octanol–water partition coefficient (Wildman–Crippen LogP) is 3.02. The fraction of sp³-hybridized carbons (Fsp3) is 0.167. The van der Waals surface area contributed by atoms with Crippen LogP contribution in [0, 0.1) is 0 Å². The molecule has 1 aromatic heterocycles. The molecule has 6 nitrogen and oxygen atoms in total. The van der Waals surface area contributed by atoms with E-state index in [1.54, 1.807) is 12.1 Å². The predicted molar refractivity (Wildman–Crippen MR) is 83.5 cm³/mol. The van der Waals surface area contributed by atoms with Crippen molar-refractivity contribution >= 4 is 44.9 Å². The van der Waals surface area contributed by atoms with E-state index in [1.165, 1.54) is 18.5 Å². The molecule has 0 atom stereocenters. The van der Waals surface area contributed by atoms with E-state index in [-0.39, 0.29) is 20.6 Å². The Morgan fingerprint density at radius 3 is 2.48 bits per heavy atom. The zero-order valence-electron chi connectivity index (χ0n) is 11.0. The van der Waals surface area contributed by atoms with E-state index in [1.807, 2.05) is 6.92 Å². The molecule has 2 rings (SSSR count). The summed E-state index contributed by atoms with van der Waals surface area (Å²) in [6.07, 6.45) is 2.43. The molecule has 0 fully saturated rings. The molecule has 0 amide bonds. The molecule has 21 heavy (non-hydrogen) atoms. The van der Waals surface area contributed by atoms with Crippen LogP contribution >= 0.6 is 23.2 Å². The number of halogens is 2. The molecule has 0 aliphatic rings. The van der Waals surface area contributed by atoms with Crippen LogP contribution in [-0.2, 0) is 10.0 Å². The molecule has 0 bridgehead atoms. The number of benzene rings is 1. The molecule has 2 aromatic rings. The van der Waals surface area contributed by atoms with Gasteiger partial charge in [0.05, 0.1) is 28.1 Å². The van der Waals surface area contributed by atoms with Crippen molar-refractivity contribution in [3.8, 4) is 0 Å². The van der Waals surface area contributed by atoms with Crippen molar-refractivity contribution in [3.05, 3.63) is 40.6 Å². The molecular weight excluding hydrogens is 335 g/mol. The normalized spacial score (nSPS) is 11.2. The summed E-state index contributed by atoms with van der Waals surface area (Å²) < 4.78 is 26.8. The highest BCUT2D eigenvalue weighted by molar-refractivity contribution is 7.92. The zero-order valence-corrected chi connectivity index (χ0v) is 13.3. The van der Waals surface area contributed by atoms with E-state index >= 15 is 0 Å². The molecule has 0 radical (unpaired) electrons. The first kappa shape index (κ1) is 15.8. The van der Waals surface area contributed by atoms with Gasteiger partial charge in [-0.05, 0) is 19.1 Å². The first-order valence-electron chi connectivity index (χ1n) is 5.97. The Morgan fingerprint density at radius 1 is 1.19 bits per heavy atom. The molecule has 0 spiro atoms. The summed E-state index contributed by atoms with van der Waals surface area (Å²) >= 11 is 11.8. The number of hydrogen-bond acceptors (Lipinski definition) is 5. The van der Waals surface area contributed by atoms with Crippen molar-refractivity contribution < 1.29 is 8.42 Å². The van der Waals surface area contributed by atoms with E-state index in [2.05, 4.69) is 20.0 Å². The summed E-state index contributed by atoms with van der Waals surface area (Å²) in [6.45, 7) is 2.53. The van der Waals surface area contributed by atoms with Crippen molar-refractivity contribution in [2.75, 3.05) is 16.6 Å². The monoisotopic (exact) mass is 346 g/mol. The van der Waals surface area contributed by atoms with Crippen LogP contribution < -0.4 is 10.0 Å². The third-order valence-electron chi connectivity index (χ3n) is 2.47. The fourth-order valence-electron chi connectivity index (χ4n) is 1.49. The number of hydrogen-bond donors (Lipinski definition) is 2. The fourth-order valence-corrected chi connectivity index (χ4v) is 2.85. The number of nitrogens with one attached hydrogen (secondary N) is 2. The Hall–Kier alpha value is -1.57. The van der Waals surface area contributed by atoms with E-state index in [4.69, 9.17) is 23.2 Å². The van der Waals surface area contributed by atoms with Gasteiger partial charge in [-0.3, -0.25) is 4.72 Å². The van der Waals surface area contributed by atoms with Crippen LogP contribution in [0.2, 0.25) is 10.0 Å². The van der Waals surface area contributed by atoms with Crippen LogP contribution in [0.5, 0.6) is 0 Å². The largest absolute Gasteiger partial charge is 0.355 e. The number of aromatic nitrogens is 2. The Kier molecular flexibility index (Phi) is 4.87. The second kappa shape index (κ2) is 6.46. The molecule has 0 unspecified atom stereocenters. The van der Waals surface area contributed by atoms with Gasteiger partial charge < -0.3 is 5.32 Å². The van der Waals surface area contributed by atoms with Crippen LogP contribution in [0.25, 0.3) is 0 Å². The van der Waals surface area contributed by atoms with Gasteiger partial charge in [0.1, 0.15) is 4.90 Å². The lowest BCUT2D eigenvalue weighted by Gasteiger charge is -2.10. The first-order chi connectivity index (χ1) is 9.94. The summed E-state index contributed by atoms with van der Waals surface area (Å²) in [5.74, 6) is 0.359. The summed E-state index contributed by atoms with van der Waals surface area (Å²) in [5, 5.41) is 3.27. The van der Waals surface area contributed by atoms with Gasteiger partial charge in [0, 0.05) is 6.54 Å². The molecule has 0 aliphatic heterocycles. The average molecular weight is 347 g/mol. The molecule has 9 heteroatoms. The molecule has 1 aromatic carbocycles. The van der Waals surface area contributed by atoms with E-state index in [9.17, 15) is 8.42 Å². The van der Waals surface area contributed by atoms with Crippen LogP contribution in [0.3, 0.4) is 0 Å². The molecule has 0 saturated carbocycles. The highest BCUT2D eigenvalue weighted by atomic mass is 35.5. The highest BCUT2D eigenvalue weighted by Crippen LogP contribution is 2.30. The number of sulfonamides is 1. The van der Waals surface area contributed by atoms with Crippen LogP contribution in [0.15, 0.2) is 35.5 Å². The van der Waals surface area contributed by atoms with Gasteiger partial charge in [-0.1, -0.05) is 29.3 Å². The van der Waals surface area contributed by atoms with Gasteiger partial charge in [0.15, 0.2) is 0 Å². The standard InChI is InChI=1S/C12H12Cl2N4O2S/c1-2-15-12-16-6-8(7-17-12)21(19,20)18-10-5-3-4-9(13)11(10)14/h3-7,18H,2H2,1H3,(H,15,16,17). The maximum absolute atomic E-state index is 12.2. The number of nitrogens with zero attached hydrogens (tertiary/aromatic N) is 2. The number of rotatable bonds is 5. The Labute approximate surface area is 132 Å². The lowest BCUT2D eigenvalue weighted by Crippen LogP contribution is -2.14. The smallest absolute Gasteiger partial charge is 0.265 e. The Morgan fingerprint density at radius 2 is 1.86 bits per heavy atom. The van der Waals surface area contributed by atoms with Crippen LogP contribution in [0.1, 0.15) is 6.92 Å². The summed E-state index contributed by atoms with van der Waals surface area (Å²) in [5.41, 5.74) is 0.194.